The maximum absolute atomic E-state index is 11.1. The Hall–Kier alpha value is -2.87. The molecule has 2 heteroatoms. The number of unbranched alkanes of at least 4 members (excludes halogenated alkanes) is 6. The van der Waals surface area contributed by atoms with Gasteiger partial charge in [0.1, 0.15) is 6.29 Å². The summed E-state index contributed by atoms with van der Waals surface area (Å²) in [7, 11) is 0. The average molecular weight is 442 g/mol. The van der Waals surface area contributed by atoms with E-state index in [4.69, 9.17) is 0 Å². The van der Waals surface area contributed by atoms with Gasteiger partial charge >= 0.3 is 0 Å². The molecule has 0 bridgehead atoms. The van der Waals surface area contributed by atoms with E-state index in [-0.39, 0.29) is 0 Å². The van der Waals surface area contributed by atoms with Crippen molar-refractivity contribution >= 4 is 23.3 Å². The van der Waals surface area contributed by atoms with E-state index in [1.54, 1.807) is 0 Å². The summed E-state index contributed by atoms with van der Waals surface area (Å²) in [6.07, 6.45) is 13.5. The molecule has 3 rings (SSSR count). The monoisotopic (exact) mass is 441 g/mol. The van der Waals surface area contributed by atoms with Crippen molar-refractivity contribution in [2.75, 3.05) is 4.90 Å². The summed E-state index contributed by atoms with van der Waals surface area (Å²) in [5.41, 5.74) is 6.83. The van der Waals surface area contributed by atoms with Gasteiger partial charge in [-0.3, -0.25) is 4.79 Å². The number of aldehydes is 1. The van der Waals surface area contributed by atoms with Gasteiger partial charge in [0.25, 0.3) is 0 Å². The molecule has 33 heavy (non-hydrogen) atoms. The Morgan fingerprint density at radius 1 is 0.545 bits per heavy atom. The molecule has 0 unspecified atom stereocenters. The van der Waals surface area contributed by atoms with Crippen molar-refractivity contribution in [3.05, 3.63) is 89.5 Å². The van der Waals surface area contributed by atoms with Gasteiger partial charge in [-0.15, -0.1) is 0 Å². The molecule has 0 N–H and O–H groups in total. The maximum atomic E-state index is 11.1. The number of carbonyl (C=O) groups is 1. The van der Waals surface area contributed by atoms with E-state index in [0.717, 1.165) is 36.2 Å². The number of aryl methyl sites for hydroxylation is 2. The van der Waals surface area contributed by atoms with Gasteiger partial charge in [-0.1, -0.05) is 76.6 Å². The van der Waals surface area contributed by atoms with Crippen LogP contribution < -0.4 is 4.90 Å². The fourth-order valence-electron chi connectivity index (χ4n) is 4.28. The fraction of sp³-hybridized carbons (Fsp3) is 0.387. The molecule has 3 aromatic rings. The zero-order valence-corrected chi connectivity index (χ0v) is 20.4. The van der Waals surface area contributed by atoms with Gasteiger partial charge in [0.2, 0.25) is 0 Å². The first-order valence-corrected chi connectivity index (χ1v) is 12.8. The molecule has 0 spiro atoms. The first kappa shape index (κ1) is 24.8. The summed E-state index contributed by atoms with van der Waals surface area (Å²) in [4.78, 5) is 13.4. The van der Waals surface area contributed by atoms with Gasteiger partial charge in [0.15, 0.2) is 0 Å². The van der Waals surface area contributed by atoms with Gasteiger partial charge in [-0.25, -0.2) is 0 Å². The predicted octanol–water partition coefficient (Wildman–Crippen LogP) is 9.21. The molecule has 0 aliphatic carbocycles. The minimum Gasteiger partial charge on any atom is -0.311 e. The normalized spacial score (nSPS) is 10.8. The number of carbonyl (C=O) groups excluding carboxylic acids is 1. The number of benzene rings is 3. The van der Waals surface area contributed by atoms with E-state index in [0.29, 0.717) is 5.56 Å². The van der Waals surface area contributed by atoms with Crippen molar-refractivity contribution < 1.29 is 4.79 Å². The Kier molecular flexibility index (Phi) is 10.2. The van der Waals surface area contributed by atoms with Crippen LogP contribution in [0.2, 0.25) is 0 Å². The molecule has 2 nitrogen and oxygen atoms in total. The molecule has 0 saturated carbocycles. The van der Waals surface area contributed by atoms with Crippen molar-refractivity contribution in [2.45, 2.75) is 78.1 Å². The zero-order chi connectivity index (χ0) is 23.3. The molecule has 0 atom stereocenters. The number of hydrogen-bond acceptors (Lipinski definition) is 2. The van der Waals surface area contributed by atoms with Crippen LogP contribution in [-0.2, 0) is 12.8 Å². The number of anilines is 3. The summed E-state index contributed by atoms with van der Waals surface area (Å²) >= 11 is 0. The molecule has 0 radical (unpaired) electrons. The lowest BCUT2D eigenvalue weighted by atomic mass is 10.0. The van der Waals surface area contributed by atoms with Crippen molar-refractivity contribution in [3.8, 4) is 0 Å². The molecular formula is C31H39NO. The smallest absolute Gasteiger partial charge is 0.150 e. The summed E-state index contributed by atoms with van der Waals surface area (Å²) in [5.74, 6) is 0. The molecule has 0 aromatic heterocycles. The van der Waals surface area contributed by atoms with Crippen LogP contribution in [0.4, 0.5) is 17.1 Å². The molecule has 0 heterocycles. The van der Waals surface area contributed by atoms with Crippen LogP contribution in [0.3, 0.4) is 0 Å². The molecular weight excluding hydrogens is 402 g/mol. The largest absolute Gasteiger partial charge is 0.311 e. The topological polar surface area (TPSA) is 20.3 Å². The number of nitrogens with zero attached hydrogens (tertiary/aromatic N) is 1. The van der Waals surface area contributed by atoms with Crippen molar-refractivity contribution in [1.82, 2.24) is 0 Å². The lowest BCUT2D eigenvalue weighted by Crippen LogP contribution is -2.10. The van der Waals surface area contributed by atoms with Crippen LogP contribution in [0.1, 0.15) is 86.7 Å². The summed E-state index contributed by atoms with van der Waals surface area (Å²) < 4.78 is 0. The highest BCUT2D eigenvalue weighted by Crippen LogP contribution is 2.35. The van der Waals surface area contributed by atoms with E-state index in [2.05, 4.69) is 67.3 Å². The molecule has 174 valence electrons. The van der Waals surface area contributed by atoms with Crippen LogP contribution >= 0.6 is 0 Å². The SMILES string of the molecule is CCCCCCc1ccc(N(c2ccc(C=O)cc2)c2ccc(CCCCCC)cc2)cc1. The summed E-state index contributed by atoms with van der Waals surface area (Å²) in [6.45, 7) is 4.51. The van der Waals surface area contributed by atoms with Crippen molar-refractivity contribution in [2.24, 2.45) is 0 Å². The van der Waals surface area contributed by atoms with Crippen LogP contribution in [0.15, 0.2) is 72.8 Å². The highest BCUT2D eigenvalue weighted by atomic mass is 16.1. The van der Waals surface area contributed by atoms with Gasteiger partial charge in [-0.2, -0.15) is 0 Å². The van der Waals surface area contributed by atoms with Gasteiger partial charge in [0.05, 0.1) is 0 Å². The summed E-state index contributed by atoms with van der Waals surface area (Å²) in [5, 5.41) is 0. The van der Waals surface area contributed by atoms with E-state index in [9.17, 15) is 4.79 Å². The fourth-order valence-corrected chi connectivity index (χ4v) is 4.28. The van der Waals surface area contributed by atoms with E-state index < -0.39 is 0 Å². The number of rotatable bonds is 14. The Labute approximate surface area is 200 Å². The Morgan fingerprint density at radius 3 is 1.30 bits per heavy atom. The van der Waals surface area contributed by atoms with E-state index >= 15 is 0 Å². The van der Waals surface area contributed by atoms with Crippen molar-refractivity contribution in [3.63, 3.8) is 0 Å². The number of hydrogen-bond donors (Lipinski definition) is 0. The minimum absolute atomic E-state index is 0.698. The van der Waals surface area contributed by atoms with E-state index in [1.165, 1.54) is 62.5 Å². The molecule has 0 aliphatic rings. The predicted molar refractivity (Wildman–Crippen MR) is 142 cm³/mol. The lowest BCUT2D eigenvalue weighted by molar-refractivity contribution is 0.112. The Balaban J connectivity index is 1.80. The standard InChI is InChI=1S/C31H39NO/c1-3-5-7-9-11-26-13-19-29(20-14-26)32(31-23-17-28(25-33)18-24-31)30-21-15-27(16-22-30)12-10-8-6-4-2/h13-25H,3-12H2,1-2H3. The van der Waals surface area contributed by atoms with Crippen LogP contribution in [0, 0.1) is 0 Å². The molecule has 0 saturated heterocycles. The molecule has 0 aliphatic heterocycles. The third kappa shape index (κ3) is 7.60. The van der Waals surface area contributed by atoms with Gasteiger partial charge < -0.3 is 4.90 Å². The highest BCUT2D eigenvalue weighted by Gasteiger charge is 2.13. The second-order valence-electron chi connectivity index (χ2n) is 9.00. The quantitative estimate of drug-likeness (QED) is 0.183. The van der Waals surface area contributed by atoms with E-state index in [1.807, 2.05) is 24.3 Å². The third-order valence-electron chi connectivity index (χ3n) is 6.31. The zero-order valence-electron chi connectivity index (χ0n) is 20.4. The minimum atomic E-state index is 0.698. The Bertz CT molecular complexity index is 886. The van der Waals surface area contributed by atoms with Crippen LogP contribution in [-0.4, -0.2) is 6.29 Å². The van der Waals surface area contributed by atoms with Gasteiger partial charge in [0, 0.05) is 22.6 Å². The molecule has 0 amide bonds. The maximum Gasteiger partial charge on any atom is 0.150 e. The molecule has 0 fully saturated rings. The van der Waals surface area contributed by atoms with Crippen LogP contribution in [0.25, 0.3) is 0 Å². The summed E-state index contributed by atoms with van der Waals surface area (Å²) in [6, 6.07) is 25.8. The van der Waals surface area contributed by atoms with Crippen molar-refractivity contribution in [1.29, 1.82) is 0 Å². The second kappa shape index (κ2) is 13.6. The van der Waals surface area contributed by atoms with Gasteiger partial charge in [-0.05, 0) is 85.3 Å². The highest BCUT2D eigenvalue weighted by molar-refractivity contribution is 5.80. The first-order valence-electron chi connectivity index (χ1n) is 12.8. The third-order valence-corrected chi connectivity index (χ3v) is 6.31. The lowest BCUT2D eigenvalue weighted by Gasteiger charge is -2.26. The Morgan fingerprint density at radius 2 is 0.939 bits per heavy atom. The molecule has 3 aromatic carbocycles. The second-order valence-corrected chi connectivity index (χ2v) is 9.00. The first-order chi connectivity index (χ1) is 16.2. The van der Waals surface area contributed by atoms with Crippen LogP contribution in [0.5, 0.6) is 0 Å². The average Bonchev–Trinajstić information content (AvgIpc) is 2.87.